The second-order valence-corrected chi connectivity index (χ2v) is 7.10. The van der Waals surface area contributed by atoms with Crippen LogP contribution in [0.5, 0.6) is 0 Å². The molecular weight excluding hydrogens is 365 g/mol. The highest BCUT2D eigenvalue weighted by molar-refractivity contribution is 9.10. The maximum absolute atomic E-state index is 13.7. The van der Waals surface area contributed by atoms with Crippen LogP contribution in [0.1, 0.15) is 29.3 Å². The van der Waals surface area contributed by atoms with Gasteiger partial charge in [-0.1, -0.05) is 22.0 Å². The van der Waals surface area contributed by atoms with E-state index in [4.69, 9.17) is 0 Å². The molecule has 1 atom stereocenters. The van der Waals surface area contributed by atoms with Gasteiger partial charge in [-0.05, 0) is 48.6 Å². The molecule has 1 aliphatic heterocycles. The fourth-order valence-corrected chi connectivity index (χ4v) is 3.96. The third-order valence-corrected chi connectivity index (χ3v) is 5.24. The van der Waals surface area contributed by atoms with Gasteiger partial charge >= 0.3 is 0 Å². The molecule has 2 heterocycles. The fourth-order valence-electron chi connectivity index (χ4n) is 2.71. The predicted octanol–water partition coefficient (Wildman–Crippen LogP) is 5.03. The Kier molecular flexibility index (Phi) is 4.74. The Bertz CT molecular complexity index is 699. The number of rotatable bonds is 3. The van der Waals surface area contributed by atoms with E-state index in [0.717, 1.165) is 23.9 Å². The maximum Gasteiger partial charge on any atom is 0.247 e. The number of amides is 1. The third-order valence-electron chi connectivity index (χ3n) is 3.77. The Labute approximate surface area is 141 Å². The summed E-state index contributed by atoms with van der Waals surface area (Å²) in [7, 11) is 0. The van der Waals surface area contributed by atoms with Gasteiger partial charge in [0.1, 0.15) is 5.82 Å². The first-order chi connectivity index (χ1) is 10.6. The summed E-state index contributed by atoms with van der Waals surface area (Å²) in [4.78, 5) is 15.5. The van der Waals surface area contributed by atoms with E-state index >= 15 is 0 Å². The van der Waals surface area contributed by atoms with Crippen molar-refractivity contribution in [2.24, 2.45) is 0 Å². The van der Waals surface area contributed by atoms with E-state index in [1.165, 1.54) is 17.0 Å². The van der Waals surface area contributed by atoms with Gasteiger partial charge in [-0.2, -0.15) is 0 Å². The van der Waals surface area contributed by atoms with E-state index in [2.05, 4.69) is 22.0 Å². The zero-order chi connectivity index (χ0) is 15.5. The average molecular weight is 380 g/mol. The zero-order valence-electron chi connectivity index (χ0n) is 11.8. The van der Waals surface area contributed by atoms with E-state index in [1.54, 1.807) is 29.5 Å². The van der Waals surface area contributed by atoms with Gasteiger partial charge in [0.05, 0.1) is 6.04 Å². The minimum Gasteiger partial charge on any atom is -0.331 e. The van der Waals surface area contributed by atoms with Crippen molar-refractivity contribution in [2.45, 2.75) is 18.9 Å². The Morgan fingerprint density at radius 1 is 1.41 bits per heavy atom. The molecule has 2 nitrogen and oxygen atoms in total. The largest absolute Gasteiger partial charge is 0.331 e. The number of likely N-dealkylation sites (tertiary alicyclic amines) is 1. The van der Waals surface area contributed by atoms with Gasteiger partial charge in [0.15, 0.2) is 0 Å². The van der Waals surface area contributed by atoms with Crippen LogP contribution in [-0.4, -0.2) is 17.4 Å². The molecular formula is C17H15BrFNOS. The van der Waals surface area contributed by atoms with Gasteiger partial charge in [-0.15, -0.1) is 11.3 Å². The van der Waals surface area contributed by atoms with Crippen molar-refractivity contribution < 1.29 is 9.18 Å². The molecule has 1 fully saturated rings. The van der Waals surface area contributed by atoms with Gasteiger partial charge < -0.3 is 4.90 Å². The number of benzene rings is 1. The Hall–Kier alpha value is -1.46. The molecule has 5 heteroatoms. The highest BCUT2D eigenvalue weighted by Gasteiger charge is 2.29. The van der Waals surface area contributed by atoms with Gasteiger partial charge in [0.2, 0.25) is 5.91 Å². The fraction of sp³-hybridized carbons (Fsp3) is 0.235. The molecule has 1 aromatic carbocycles. The van der Waals surface area contributed by atoms with Crippen LogP contribution in [0, 0.1) is 5.82 Å². The number of hydrogen-bond donors (Lipinski definition) is 0. The van der Waals surface area contributed by atoms with Crippen LogP contribution in [0.15, 0.2) is 46.3 Å². The molecule has 2 aromatic rings. The predicted molar refractivity (Wildman–Crippen MR) is 91.1 cm³/mol. The lowest BCUT2D eigenvalue weighted by Crippen LogP contribution is -2.28. The van der Waals surface area contributed by atoms with Crippen molar-refractivity contribution in [2.75, 3.05) is 6.54 Å². The van der Waals surface area contributed by atoms with Gasteiger partial charge in [-0.25, -0.2) is 4.39 Å². The Morgan fingerprint density at radius 2 is 2.27 bits per heavy atom. The minimum atomic E-state index is -0.330. The summed E-state index contributed by atoms with van der Waals surface area (Å²) >= 11 is 4.99. The summed E-state index contributed by atoms with van der Waals surface area (Å²) in [5, 5.41) is 2.03. The van der Waals surface area contributed by atoms with Crippen LogP contribution in [-0.2, 0) is 4.79 Å². The molecule has 0 bridgehead atoms. The molecule has 0 N–H and O–H groups in total. The Balaban J connectivity index is 1.76. The quantitative estimate of drug-likeness (QED) is 0.685. The van der Waals surface area contributed by atoms with Crippen molar-refractivity contribution in [3.05, 3.63) is 62.5 Å². The van der Waals surface area contributed by atoms with Gasteiger partial charge in [-0.3, -0.25) is 4.79 Å². The molecule has 3 rings (SSSR count). The van der Waals surface area contributed by atoms with Crippen LogP contribution >= 0.6 is 27.3 Å². The molecule has 0 saturated carbocycles. The molecule has 22 heavy (non-hydrogen) atoms. The topological polar surface area (TPSA) is 20.3 Å². The molecule has 1 amide bonds. The molecule has 114 valence electrons. The van der Waals surface area contributed by atoms with Crippen molar-refractivity contribution in [1.82, 2.24) is 4.90 Å². The summed E-state index contributed by atoms with van der Waals surface area (Å²) in [5.74, 6) is -0.390. The normalized spacial score (nSPS) is 18.3. The number of thiophene rings is 1. The van der Waals surface area contributed by atoms with E-state index in [0.29, 0.717) is 5.56 Å². The highest BCUT2D eigenvalue weighted by Crippen LogP contribution is 2.34. The van der Waals surface area contributed by atoms with Gasteiger partial charge in [0, 0.05) is 27.5 Å². The minimum absolute atomic E-state index is 0.0599. The molecule has 1 aliphatic rings. The second kappa shape index (κ2) is 6.75. The van der Waals surface area contributed by atoms with Crippen molar-refractivity contribution >= 4 is 39.2 Å². The number of carbonyl (C=O) groups is 1. The molecule has 0 spiro atoms. The van der Waals surface area contributed by atoms with Crippen molar-refractivity contribution in [1.29, 1.82) is 0 Å². The average Bonchev–Trinajstić information content (AvgIpc) is 3.17. The monoisotopic (exact) mass is 379 g/mol. The first-order valence-corrected chi connectivity index (χ1v) is 8.79. The summed E-state index contributed by atoms with van der Waals surface area (Å²) in [6.45, 7) is 0.757. The first-order valence-electron chi connectivity index (χ1n) is 7.12. The third kappa shape index (κ3) is 3.31. The summed E-state index contributed by atoms with van der Waals surface area (Å²) < 4.78 is 14.5. The zero-order valence-corrected chi connectivity index (χ0v) is 14.2. The van der Waals surface area contributed by atoms with Crippen LogP contribution < -0.4 is 0 Å². The number of hydrogen-bond acceptors (Lipinski definition) is 2. The van der Waals surface area contributed by atoms with Crippen LogP contribution in [0.3, 0.4) is 0 Å². The van der Waals surface area contributed by atoms with Crippen LogP contribution in [0.25, 0.3) is 6.08 Å². The maximum atomic E-state index is 13.7. The Morgan fingerprint density at radius 3 is 3.05 bits per heavy atom. The molecule has 1 unspecified atom stereocenters. The second-order valence-electron chi connectivity index (χ2n) is 5.20. The van der Waals surface area contributed by atoms with Crippen molar-refractivity contribution in [3.8, 4) is 0 Å². The summed E-state index contributed by atoms with van der Waals surface area (Å²) in [6, 6.07) is 8.93. The van der Waals surface area contributed by atoms with E-state index in [1.807, 2.05) is 16.3 Å². The van der Waals surface area contributed by atoms with Crippen LogP contribution in [0.2, 0.25) is 0 Å². The summed E-state index contributed by atoms with van der Waals surface area (Å²) in [6.07, 6.45) is 5.02. The molecule has 0 radical (unpaired) electrons. The summed E-state index contributed by atoms with van der Waals surface area (Å²) in [5.41, 5.74) is 0.412. The lowest BCUT2D eigenvalue weighted by molar-refractivity contribution is -0.126. The molecule has 1 saturated heterocycles. The van der Waals surface area contributed by atoms with Crippen LogP contribution in [0.4, 0.5) is 4.39 Å². The van der Waals surface area contributed by atoms with E-state index in [9.17, 15) is 9.18 Å². The first kappa shape index (κ1) is 15.4. The molecule has 1 aromatic heterocycles. The standard InChI is InChI=1S/C17H15BrFNOS/c18-13-6-7-14(19)12(11-13)5-8-17(21)20-9-1-3-15(20)16-4-2-10-22-16/h2,4-8,10-11,15H,1,3,9H2/b8-5+. The number of carbonyl (C=O) groups excluding carboxylic acids is 1. The van der Waals surface area contributed by atoms with Crippen molar-refractivity contribution in [3.63, 3.8) is 0 Å². The number of halogens is 2. The smallest absolute Gasteiger partial charge is 0.247 e. The lowest BCUT2D eigenvalue weighted by Gasteiger charge is -2.22. The lowest BCUT2D eigenvalue weighted by atomic mass is 10.1. The van der Waals surface area contributed by atoms with Gasteiger partial charge in [0.25, 0.3) is 0 Å². The number of nitrogens with zero attached hydrogens (tertiary/aromatic N) is 1. The van der Waals surface area contributed by atoms with E-state index < -0.39 is 0 Å². The molecule has 0 aliphatic carbocycles. The van der Waals surface area contributed by atoms with E-state index in [-0.39, 0.29) is 17.8 Å². The SMILES string of the molecule is O=C(/C=C/c1cc(Br)ccc1F)N1CCCC1c1cccs1. The highest BCUT2D eigenvalue weighted by atomic mass is 79.9.